The van der Waals surface area contributed by atoms with E-state index in [-0.39, 0.29) is 5.78 Å². The van der Waals surface area contributed by atoms with Crippen LogP contribution in [0.15, 0.2) is 36.5 Å². The van der Waals surface area contributed by atoms with E-state index in [1.807, 2.05) is 30.5 Å². The number of nitrogens with one attached hydrogen (secondary N) is 2. The van der Waals surface area contributed by atoms with Gasteiger partial charge in [-0.05, 0) is 37.5 Å². The third-order valence-electron chi connectivity index (χ3n) is 5.08. The minimum Gasteiger partial charge on any atom is -0.367 e. The van der Waals surface area contributed by atoms with Crippen LogP contribution < -0.4 is 5.32 Å². The number of anilines is 1. The van der Waals surface area contributed by atoms with Crippen LogP contribution in [0.3, 0.4) is 0 Å². The lowest BCUT2D eigenvalue weighted by Gasteiger charge is -2.23. The number of benzene rings is 1. The van der Waals surface area contributed by atoms with E-state index in [0.29, 0.717) is 12.5 Å². The molecule has 0 bridgehead atoms. The fourth-order valence-corrected chi connectivity index (χ4v) is 3.84. The summed E-state index contributed by atoms with van der Waals surface area (Å²) in [6.07, 6.45) is 8.54. The summed E-state index contributed by atoms with van der Waals surface area (Å²) < 4.78 is 0. The average Bonchev–Trinajstić information content (AvgIpc) is 3.07. The number of carbonyl (C=O) groups is 1. The summed E-state index contributed by atoms with van der Waals surface area (Å²) in [5.74, 6) is 1.06. The van der Waals surface area contributed by atoms with Gasteiger partial charge in [-0.2, -0.15) is 5.10 Å². The van der Waals surface area contributed by atoms with Gasteiger partial charge in [0.25, 0.3) is 0 Å². The van der Waals surface area contributed by atoms with E-state index in [1.54, 1.807) is 6.92 Å². The van der Waals surface area contributed by atoms with E-state index >= 15 is 0 Å². The fourth-order valence-electron chi connectivity index (χ4n) is 3.84. The van der Waals surface area contributed by atoms with Gasteiger partial charge in [0.15, 0.2) is 0 Å². The van der Waals surface area contributed by atoms with Gasteiger partial charge in [0.2, 0.25) is 0 Å². The van der Waals surface area contributed by atoms with E-state index in [2.05, 4.69) is 26.6 Å². The summed E-state index contributed by atoms with van der Waals surface area (Å²) in [4.78, 5) is 16.1. The predicted molar refractivity (Wildman–Crippen MR) is 104 cm³/mol. The van der Waals surface area contributed by atoms with Crippen molar-refractivity contribution in [3.8, 4) is 11.3 Å². The monoisotopic (exact) mass is 348 g/mol. The highest BCUT2D eigenvalue weighted by atomic mass is 16.1. The molecule has 26 heavy (non-hydrogen) atoms. The van der Waals surface area contributed by atoms with E-state index in [4.69, 9.17) is 0 Å². The van der Waals surface area contributed by atoms with Crippen LogP contribution in [-0.4, -0.2) is 27.0 Å². The first-order valence-electron chi connectivity index (χ1n) is 9.39. The number of aromatic amines is 1. The van der Waals surface area contributed by atoms with Gasteiger partial charge in [0.1, 0.15) is 17.3 Å². The number of pyridine rings is 1. The largest absolute Gasteiger partial charge is 0.367 e. The maximum Gasteiger partial charge on any atom is 0.137 e. The van der Waals surface area contributed by atoms with Crippen LogP contribution in [0.2, 0.25) is 0 Å². The zero-order valence-corrected chi connectivity index (χ0v) is 15.1. The van der Waals surface area contributed by atoms with Crippen molar-refractivity contribution < 1.29 is 4.79 Å². The van der Waals surface area contributed by atoms with Gasteiger partial charge in [0, 0.05) is 24.2 Å². The number of carbonyl (C=O) groups excluding carboxylic acids is 1. The van der Waals surface area contributed by atoms with E-state index in [9.17, 15) is 4.79 Å². The number of Topliss-reactive ketones (excluding diaryl/α,β-unsaturated/α-hetero) is 1. The quantitative estimate of drug-likeness (QED) is 0.712. The molecule has 1 aliphatic carbocycles. The SMILES string of the molecule is CC(=O)Cc1cccc(-c2n[nH]c3ccnc(NC4CCCCC4)c23)c1. The van der Waals surface area contributed by atoms with Gasteiger partial charge in [-0.15, -0.1) is 0 Å². The number of ketones is 1. The second-order valence-corrected chi connectivity index (χ2v) is 7.21. The molecule has 5 heteroatoms. The zero-order valence-electron chi connectivity index (χ0n) is 15.1. The van der Waals surface area contributed by atoms with E-state index < -0.39 is 0 Å². The molecule has 5 nitrogen and oxygen atoms in total. The molecular formula is C21H24N4O. The van der Waals surface area contributed by atoms with Crippen LogP contribution in [0.25, 0.3) is 22.2 Å². The van der Waals surface area contributed by atoms with Crippen molar-refractivity contribution in [2.45, 2.75) is 51.5 Å². The molecule has 0 unspecified atom stereocenters. The Kier molecular flexibility index (Phi) is 4.69. The highest BCUT2D eigenvalue weighted by molar-refractivity contribution is 6.00. The summed E-state index contributed by atoms with van der Waals surface area (Å²) in [7, 11) is 0. The molecule has 0 atom stereocenters. The molecule has 1 saturated carbocycles. The molecule has 0 spiro atoms. The second kappa shape index (κ2) is 7.28. The highest BCUT2D eigenvalue weighted by Crippen LogP contribution is 2.32. The third-order valence-corrected chi connectivity index (χ3v) is 5.08. The topological polar surface area (TPSA) is 70.7 Å². The molecule has 1 aliphatic rings. The Balaban J connectivity index is 1.72. The maximum absolute atomic E-state index is 11.5. The Bertz CT molecular complexity index is 925. The molecule has 3 aromatic rings. The molecule has 2 N–H and O–H groups in total. The molecule has 1 aromatic carbocycles. The molecule has 2 aromatic heterocycles. The number of rotatable bonds is 5. The lowest BCUT2D eigenvalue weighted by atomic mass is 9.95. The van der Waals surface area contributed by atoms with Crippen molar-refractivity contribution in [3.05, 3.63) is 42.1 Å². The molecule has 1 fully saturated rings. The smallest absolute Gasteiger partial charge is 0.137 e. The molecule has 0 radical (unpaired) electrons. The molecule has 4 rings (SSSR count). The van der Waals surface area contributed by atoms with Crippen LogP contribution in [0.5, 0.6) is 0 Å². The fraction of sp³-hybridized carbons (Fsp3) is 0.381. The summed E-state index contributed by atoms with van der Waals surface area (Å²) in [6, 6.07) is 10.5. The van der Waals surface area contributed by atoms with Gasteiger partial charge >= 0.3 is 0 Å². The van der Waals surface area contributed by atoms with Crippen molar-refractivity contribution in [1.29, 1.82) is 0 Å². The van der Waals surface area contributed by atoms with Crippen LogP contribution in [0, 0.1) is 0 Å². The molecule has 0 amide bonds. The Morgan fingerprint density at radius 1 is 1.23 bits per heavy atom. The minimum absolute atomic E-state index is 0.162. The average molecular weight is 348 g/mol. The zero-order chi connectivity index (χ0) is 17.9. The summed E-state index contributed by atoms with van der Waals surface area (Å²) in [6.45, 7) is 1.62. The van der Waals surface area contributed by atoms with Crippen molar-refractivity contribution in [3.63, 3.8) is 0 Å². The Labute approximate surface area is 153 Å². The van der Waals surface area contributed by atoms with Gasteiger partial charge < -0.3 is 5.32 Å². The van der Waals surface area contributed by atoms with Crippen LogP contribution in [-0.2, 0) is 11.2 Å². The molecular weight excluding hydrogens is 324 g/mol. The Morgan fingerprint density at radius 2 is 2.08 bits per heavy atom. The standard InChI is InChI=1S/C21H24N4O/c1-14(26)12-15-6-5-7-16(13-15)20-19-18(24-25-20)10-11-22-21(19)23-17-8-3-2-4-9-17/h5-7,10-11,13,17H,2-4,8-9,12H2,1H3,(H,22,23)(H,24,25). The Morgan fingerprint density at radius 3 is 2.88 bits per heavy atom. The first kappa shape index (κ1) is 16.8. The third kappa shape index (κ3) is 3.47. The number of hydrogen-bond donors (Lipinski definition) is 2. The normalized spacial score (nSPS) is 15.3. The molecule has 0 saturated heterocycles. The van der Waals surface area contributed by atoms with Gasteiger partial charge in [0.05, 0.1) is 10.9 Å². The van der Waals surface area contributed by atoms with Crippen molar-refractivity contribution in [2.24, 2.45) is 0 Å². The first-order valence-corrected chi connectivity index (χ1v) is 9.39. The lowest BCUT2D eigenvalue weighted by molar-refractivity contribution is -0.116. The first-order chi connectivity index (χ1) is 12.7. The van der Waals surface area contributed by atoms with Crippen molar-refractivity contribution in [1.82, 2.24) is 15.2 Å². The number of hydrogen-bond acceptors (Lipinski definition) is 4. The highest BCUT2D eigenvalue weighted by Gasteiger charge is 2.18. The van der Waals surface area contributed by atoms with Gasteiger partial charge in [-0.25, -0.2) is 4.98 Å². The second-order valence-electron chi connectivity index (χ2n) is 7.21. The van der Waals surface area contributed by atoms with Crippen molar-refractivity contribution in [2.75, 3.05) is 5.32 Å². The molecule has 134 valence electrons. The number of nitrogens with zero attached hydrogens (tertiary/aromatic N) is 2. The number of H-pyrrole nitrogens is 1. The number of aromatic nitrogens is 3. The molecule has 0 aliphatic heterocycles. The minimum atomic E-state index is 0.162. The molecule has 2 heterocycles. The van der Waals surface area contributed by atoms with Crippen LogP contribution in [0.1, 0.15) is 44.6 Å². The van der Waals surface area contributed by atoms with Crippen molar-refractivity contribution >= 4 is 22.5 Å². The lowest BCUT2D eigenvalue weighted by Crippen LogP contribution is -2.22. The predicted octanol–water partition coefficient (Wildman–Crippen LogP) is 4.50. The summed E-state index contributed by atoms with van der Waals surface area (Å²) in [5.41, 5.74) is 3.88. The van der Waals surface area contributed by atoms with Crippen LogP contribution in [0.4, 0.5) is 5.82 Å². The van der Waals surface area contributed by atoms with Gasteiger partial charge in [-0.1, -0.05) is 37.5 Å². The van der Waals surface area contributed by atoms with Gasteiger partial charge in [-0.3, -0.25) is 9.89 Å². The van der Waals surface area contributed by atoms with E-state index in [1.165, 1.54) is 32.1 Å². The maximum atomic E-state index is 11.5. The number of fused-ring (bicyclic) bond motifs is 1. The Hall–Kier alpha value is -2.69. The summed E-state index contributed by atoms with van der Waals surface area (Å²) in [5, 5.41) is 12.3. The van der Waals surface area contributed by atoms with E-state index in [0.717, 1.165) is 33.5 Å². The summed E-state index contributed by atoms with van der Waals surface area (Å²) >= 11 is 0. The van der Waals surface area contributed by atoms with Crippen LogP contribution >= 0.6 is 0 Å².